The summed E-state index contributed by atoms with van der Waals surface area (Å²) >= 11 is 0. The van der Waals surface area contributed by atoms with Crippen LogP contribution in [-0.4, -0.2) is 10.7 Å². The van der Waals surface area contributed by atoms with E-state index >= 15 is 0 Å². The summed E-state index contributed by atoms with van der Waals surface area (Å²) in [5.41, 5.74) is 4.53. The van der Waals surface area contributed by atoms with Gasteiger partial charge < -0.3 is 5.11 Å². The Kier molecular flexibility index (Phi) is 7.07. The van der Waals surface area contributed by atoms with Crippen LogP contribution in [0.3, 0.4) is 0 Å². The maximum atomic E-state index is 9.85. The molecule has 0 heterocycles. The first-order chi connectivity index (χ1) is 13.3. The zero-order chi connectivity index (χ0) is 20.2. The van der Waals surface area contributed by atoms with Crippen molar-refractivity contribution in [1.82, 2.24) is 0 Å². The first-order valence-electron chi connectivity index (χ1n) is 11.7. The van der Waals surface area contributed by atoms with E-state index in [0.717, 1.165) is 24.7 Å². The Morgan fingerprint density at radius 1 is 1.07 bits per heavy atom. The van der Waals surface area contributed by atoms with Gasteiger partial charge in [-0.05, 0) is 114 Å². The molecule has 3 saturated carbocycles. The molecule has 156 valence electrons. The van der Waals surface area contributed by atoms with E-state index in [-0.39, 0.29) is 0 Å². The Labute approximate surface area is 173 Å². The molecular weight excluding hydrogens is 340 g/mol. The van der Waals surface area contributed by atoms with Crippen LogP contribution in [0.5, 0.6) is 0 Å². The summed E-state index contributed by atoms with van der Waals surface area (Å²) in [5, 5.41) is 9.85. The molecule has 0 aliphatic heterocycles. The second-order valence-electron chi connectivity index (χ2n) is 10.5. The Morgan fingerprint density at radius 3 is 2.61 bits per heavy atom. The minimum Gasteiger partial charge on any atom is -0.390 e. The smallest absolute Gasteiger partial charge is 0.0626 e. The molecule has 0 spiro atoms. The van der Waals surface area contributed by atoms with Gasteiger partial charge in [-0.15, -0.1) is 0 Å². The molecule has 1 heteroatoms. The summed E-state index contributed by atoms with van der Waals surface area (Å²) in [5.74, 6) is 1.64. The third-order valence-corrected chi connectivity index (χ3v) is 7.75. The molecule has 0 amide bonds. The van der Waals surface area contributed by atoms with Crippen molar-refractivity contribution >= 4 is 0 Å². The number of rotatable bonds is 6. The van der Waals surface area contributed by atoms with Gasteiger partial charge in [-0.2, -0.15) is 0 Å². The molecule has 1 N–H and O–H groups in total. The van der Waals surface area contributed by atoms with Crippen molar-refractivity contribution in [3.8, 4) is 0 Å². The first-order valence-corrected chi connectivity index (χ1v) is 11.7. The second-order valence-corrected chi connectivity index (χ2v) is 10.5. The van der Waals surface area contributed by atoms with Gasteiger partial charge in [0.2, 0.25) is 0 Å². The quantitative estimate of drug-likeness (QED) is 0.467. The third-order valence-electron chi connectivity index (χ3n) is 7.75. The van der Waals surface area contributed by atoms with Gasteiger partial charge >= 0.3 is 0 Å². The van der Waals surface area contributed by atoms with Crippen LogP contribution >= 0.6 is 0 Å². The number of fused-ring (bicyclic) bond motifs is 1. The van der Waals surface area contributed by atoms with Crippen molar-refractivity contribution < 1.29 is 5.11 Å². The fourth-order valence-electron chi connectivity index (χ4n) is 6.01. The second kappa shape index (κ2) is 9.16. The van der Waals surface area contributed by atoms with Gasteiger partial charge in [-0.3, -0.25) is 0 Å². The molecule has 1 nitrogen and oxygen atoms in total. The fourth-order valence-corrected chi connectivity index (χ4v) is 6.01. The molecule has 28 heavy (non-hydrogen) atoms. The van der Waals surface area contributed by atoms with Gasteiger partial charge in [-0.1, -0.05) is 49.0 Å². The Balaban J connectivity index is 1.61. The third kappa shape index (κ3) is 5.29. The van der Waals surface area contributed by atoms with Crippen LogP contribution in [0.2, 0.25) is 0 Å². The average molecular weight is 383 g/mol. The van der Waals surface area contributed by atoms with Gasteiger partial charge in [0.15, 0.2) is 0 Å². The van der Waals surface area contributed by atoms with Gasteiger partial charge in [0, 0.05) is 0 Å². The predicted molar refractivity (Wildman–Crippen MR) is 121 cm³/mol. The maximum absolute atomic E-state index is 9.85. The highest BCUT2D eigenvalue weighted by molar-refractivity contribution is 5.35. The molecular formula is C27H42O. The number of hydrogen-bond donors (Lipinski definition) is 1. The number of allylic oxidation sites excluding steroid dienone is 6. The molecule has 3 rings (SSSR count). The lowest BCUT2D eigenvalue weighted by atomic mass is 9.62. The lowest BCUT2D eigenvalue weighted by molar-refractivity contribution is 0.0837. The minimum absolute atomic E-state index is 0.496. The van der Waals surface area contributed by atoms with E-state index in [9.17, 15) is 5.11 Å². The van der Waals surface area contributed by atoms with Crippen LogP contribution in [0.15, 0.2) is 47.6 Å². The normalized spacial score (nSPS) is 34.5. The topological polar surface area (TPSA) is 20.2 Å². The predicted octanol–water partition coefficient (Wildman–Crippen LogP) is 7.68. The first kappa shape index (κ1) is 21.6. The van der Waals surface area contributed by atoms with Gasteiger partial charge in [0.1, 0.15) is 0 Å². The molecule has 3 aliphatic rings. The lowest BCUT2D eigenvalue weighted by Crippen LogP contribution is -2.33. The summed E-state index contributed by atoms with van der Waals surface area (Å²) in [4.78, 5) is 0. The molecule has 3 aliphatic carbocycles. The fraction of sp³-hybridized carbons (Fsp3) is 0.704. The summed E-state index contributed by atoms with van der Waals surface area (Å²) in [6, 6.07) is 0. The van der Waals surface area contributed by atoms with Gasteiger partial charge in [-0.25, -0.2) is 0 Å². The van der Waals surface area contributed by atoms with E-state index in [4.69, 9.17) is 0 Å². The highest BCUT2D eigenvalue weighted by Gasteiger charge is 2.48. The van der Waals surface area contributed by atoms with Crippen LogP contribution in [0.4, 0.5) is 0 Å². The molecule has 0 saturated heterocycles. The highest BCUT2D eigenvalue weighted by atomic mass is 16.3. The van der Waals surface area contributed by atoms with Crippen molar-refractivity contribution in [2.24, 2.45) is 17.3 Å². The molecule has 0 aromatic heterocycles. The molecule has 0 aromatic carbocycles. The van der Waals surface area contributed by atoms with E-state index in [1.165, 1.54) is 75.4 Å². The Hall–Kier alpha value is -1.08. The van der Waals surface area contributed by atoms with E-state index in [1.54, 1.807) is 5.57 Å². The maximum Gasteiger partial charge on any atom is 0.0626 e. The van der Waals surface area contributed by atoms with Crippen LogP contribution < -0.4 is 0 Å². The van der Waals surface area contributed by atoms with Crippen molar-refractivity contribution in [2.45, 2.75) is 103 Å². The Bertz CT molecular complexity index is 642. The van der Waals surface area contributed by atoms with Gasteiger partial charge in [0.05, 0.1) is 5.60 Å². The minimum atomic E-state index is -0.581. The van der Waals surface area contributed by atoms with Crippen LogP contribution in [0.25, 0.3) is 0 Å². The van der Waals surface area contributed by atoms with Crippen molar-refractivity contribution in [2.75, 3.05) is 0 Å². The SMILES string of the molecule is C=C1CCCC/C1=C/C=C1\CCC[C@@]2(C)C1CC[C@@H]2CC/C=C/CC(C)(C)O. The van der Waals surface area contributed by atoms with Crippen molar-refractivity contribution in [1.29, 1.82) is 0 Å². The monoisotopic (exact) mass is 382 g/mol. The largest absolute Gasteiger partial charge is 0.390 e. The van der Waals surface area contributed by atoms with Crippen LogP contribution in [0, 0.1) is 17.3 Å². The molecule has 1 unspecified atom stereocenters. The Morgan fingerprint density at radius 2 is 1.86 bits per heavy atom. The number of aliphatic hydroxyl groups is 1. The zero-order valence-corrected chi connectivity index (χ0v) is 18.6. The standard InChI is InChI=1S/C27H42O/c1-21-11-7-8-12-22(21)15-16-23-13-10-20-27(4)24(17-18-25(23)27)14-6-5-9-19-26(2,3)28/h5,9,15-16,24-25,28H,1,6-8,10-14,17-20H2,2-4H3/b9-5+,22-15-,23-16+/t24-,25?,27+/m0/s1. The number of hydrogen-bond acceptors (Lipinski definition) is 1. The van der Waals surface area contributed by atoms with Crippen molar-refractivity contribution in [3.05, 3.63) is 47.6 Å². The van der Waals surface area contributed by atoms with Crippen LogP contribution in [0.1, 0.15) is 97.8 Å². The molecule has 0 aromatic rings. The molecule has 3 atom stereocenters. The molecule has 3 fully saturated rings. The average Bonchev–Trinajstić information content (AvgIpc) is 2.97. The highest BCUT2D eigenvalue weighted by Crippen LogP contribution is 2.58. The van der Waals surface area contributed by atoms with Crippen LogP contribution in [-0.2, 0) is 0 Å². The van der Waals surface area contributed by atoms with E-state index < -0.39 is 5.60 Å². The van der Waals surface area contributed by atoms with E-state index in [2.05, 4.69) is 37.8 Å². The van der Waals surface area contributed by atoms with E-state index in [1.807, 2.05) is 13.8 Å². The summed E-state index contributed by atoms with van der Waals surface area (Å²) in [6.45, 7) is 10.6. The lowest BCUT2D eigenvalue weighted by Gasteiger charge is -2.42. The summed E-state index contributed by atoms with van der Waals surface area (Å²) in [6.07, 6.45) is 24.5. The summed E-state index contributed by atoms with van der Waals surface area (Å²) in [7, 11) is 0. The summed E-state index contributed by atoms with van der Waals surface area (Å²) < 4.78 is 0. The molecule has 0 bridgehead atoms. The molecule has 0 radical (unpaired) electrons. The van der Waals surface area contributed by atoms with Gasteiger partial charge in [0.25, 0.3) is 0 Å². The van der Waals surface area contributed by atoms with Crippen molar-refractivity contribution in [3.63, 3.8) is 0 Å². The zero-order valence-electron chi connectivity index (χ0n) is 18.6. The van der Waals surface area contributed by atoms with E-state index in [0.29, 0.717) is 5.41 Å².